The Balaban J connectivity index is 1.80. The first-order valence-corrected chi connectivity index (χ1v) is 8.31. The van der Waals surface area contributed by atoms with Gasteiger partial charge in [0.25, 0.3) is 0 Å². The predicted octanol–water partition coefficient (Wildman–Crippen LogP) is 3.21. The van der Waals surface area contributed by atoms with Crippen molar-refractivity contribution in [3.63, 3.8) is 0 Å². The van der Waals surface area contributed by atoms with Gasteiger partial charge in [0.05, 0.1) is 5.60 Å². The first kappa shape index (κ1) is 13.7. The van der Waals surface area contributed by atoms with Crippen LogP contribution in [0.5, 0.6) is 0 Å². The van der Waals surface area contributed by atoms with Crippen LogP contribution in [-0.4, -0.2) is 35.8 Å². The molecular formula is C14H27NOS. The van der Waals surface area contributed by atoms with Crippen LogP contribution in [0.1, 0.15) is 52.4 Å². The van der Waals surface area contributed by atoms with E-state index in [0.29, 0.717) is 6.04 Å². The average molecular weight is 257 g/mol. The molecule has 0 bridgehead atoms. The highest BCUT2D eigenvalue weighted by Gasteiger charge is 2.31. The number of nitrogens with one attached hydrogen (secondary N) is 1. The van der Waals surface area contributed by atoms with Crippen LogP contribution >= 0.6 is 11.8 Å². The van der Waals surface area contributed by atoms with Crippen LogP contribution in [-0.2, 0) is 4.74 Å². The second kappa shape index (κ2) is 5.94. The molecule has 1 heterocycles. The van der Waals surface area contributed by atoms with Crippen molar-refractivity contribution in [2.75, 3.05) is 12.9 Å². The highest BCUT2D eigenvalue weighted by Crippen LogP contribution is 2.29. The summed E-state index contributed by atoms with van der Waals surface area (Å²) in [6, 6.07) is 1.42. The third kappa shape index (κ3) is 4.15. The van der Waals surface area contributed by atoms with Crippen molar-refractivity contribution >= 4 is 11.8 Å². The summed E-state index contributed by atoms with van der Waals surface area (Å²) >= 11 is 2.05. The number of thioether (sulfide) groups is 1. The molecule has 1 saturated heterocycles. The lowest BCUT2D eigenvalue weighted by atomic mass is 9.90. The quantitative estimate of drug-likeness (QED) is 0.839. The molecule has 0 aromatic heterocycles. The number of hydrogen-bond donors (Lipinski definition) is 1. The fourth-order valence-corrected chi connectivity index (χ4v) is 4.04. The average Bonchev–Trinajstić information content (AvgIpc) is 2.28. The molecular weight excluding hydrogens is 230 g/mol. The van der Waals surface area contributed by atoms with E-state index in [-0.39, 0.29) is 5.60 Å². The largest absolute Gasteiger partial charge is 0.375 e. The summed E-state index contributed by atoms with van der Waals surface area (Å²) in [6.07, 6.45) is 10.1. The van der Waals surface area contributed by atoms with Crippen molar-refractivity contribution in [3.05, 3.63) is 0 Å². The van der Waals surface area contributed by atoms with E-state index in [9.17, 15) is 0 Å². The Morgan fingerprint density at radius 3 is 2.71 bits per heavy atom. The molecule has 3 unspecified atom stereocenters. The van der Waals surface area contributed by atoms with Gasteiger partial charge in [-0.25, -0.2) is 0 Å². The van der Waals surface area contributed by atoms with Gasteiger partial charge in [0.2, 0.25) is 0 Å². The molecule has 3 heteroatoms. The van der Waals surface area contributed by atoms with E-state index in [4.69, 9.17) is 4.74 Å². The van der Waals surface area contributed by atoms with Gasteiger partial charge in [0, 0.05) is 23.9 Å². The molecule has 0 radical (unpaired) electrons. The summed E-state index contributed by atoms with van der Waals surface area (Å²) in [5.41, 5.74) is 0.0729. The van der Waals surface area contributed by atoms with Crippen LogP contribution < -0.4 is 5.32 Å². The summed E-state index contributed by atoms with van der Waals surface area (Å²) in [7, 11) is 0. The van der Waals surface area contributed by atoms with E-state index in [1.54, 1.807) is 0 Å². The van der Waals surface area contributed by atoms with Gasteiger partial charge in [-0.15, -0.1) is 0 Å². The third-order valence-electron chi connectivity index (χ3n) is 4.13. The minimum absolute atomic E-state index is 0.0729. The summed E-state index contributed by atoms with van der Waals surface area (Å²) < 4.78 is 5.78. The van der Waals surface area contributed by atoms with Crippen molar-refractivity contribution in [2.45, 2.75) is 75.3 Å². The molecule has 2 aliphatic rings. The fraction of sp³-hybridized carbons (Fsp3) is 1.00. The Labute approximate surface area is 110 Å². The van der Waals surface area contributed by atoms with Gasteiger partial charge in [0.1, 0.15) is 0 Å². The lowest BCUT2D eigenvalue weighted by molar-refractivity contribution is -0.0645. The van der Waals surface area contributed by atoms with Crippen LogP contribution in [0.25, 0.3) is 0 Å². The number of rotatable bonds is 3. The maximum atomic E-state index is 5.78. The van der Waals surface area contributed by atoms with E-state index in [0.717, 1.165) is 24.3 Å². The lowest BCUT2D eigenvalue weighted by Crippen LogP contribution is -2.48. The molecule has 1 aliphatic heterocycles. The van der Waals surface area contributed by atoms with E-state index < -0.39 is 0 Å². The van der Waals surface area contributed by atoms with Crippen LogP contribution in [0.15, 0.2) is 0 Å². The molecule has 1 saturated carbocycles. The van der Waals surface area contributed by atoms with Crippen LogP contribution in [0, 0.1) is 0 Å². The summed E-state index contributed by atoms with van der Waals surface area (Å²) in [5.74, 6) is 0. The van der Waals surface area contributed by atoms with Crippen molar-refractivity contribution in [1.29, 1.82) is 0 Å². The minimum Gasteiger partial charge on any atom is -0.375 e. The second-order valence-corrected chi connectivity index (χ2v) is 7.32. The maximum Gasteiger partial charge on any atom is 0.0641 e. The standard InChI is InChI=1S/C14H27NOS/c1-14(2)10-12(7-8-16-14)15-11-5-4-6-13(9-11)17-3/h11-13,15H,4-10H2,1-3H3. The van der Waals surface area contributed by atoms with Gasteiger partial charge in [-0.05, 0) is 52.2 Å². The Kier molecular flexibility index (Phi) is 4.79. The monoisotopic (exact) mass is 257 g/mol. The molecule has 0 spiro atoms. The predicted molar refractivity (Wildman–Crippen MR) is 75.7 cm³/mol. The molecule has 1 N–H and O–H groups in total. The van der Waals surface area contributed by atoms with Crippen LogP contribution in [0.2, 0.25) is 0 Å². The van der Waals surface area contributed by atoms with Crippen LogP contribution in [0.4, 0.5) is 0 Å². The molecule has 0 amide bonds. The zero-order valence-corrected chi connectivity index (χ0v) is 12.3. The minimum atomic E-state index is 0.0729. The summed E-state index contributed by atoms with van der Waals surface area (Å²) in [5, 5.41) is 4.77. The molecule has 2 fully saturated rings. The number of hydrogen-bond acceptors (Lipinski definition) is 3. The van der Waals surface area contributed by atoms with Crippen molar-refractivity contribution in [2.24, 2.45) is 0 Å². The number of ether oxygens (including phenoxy) is 1. The van der Waals surface area contributed by atoms with Gasteiger partial charge in [-0.1, -0.05) is 6.42 Å². The van der Waals surface area contributed by atoms with E-state index in [1.807, 2.05) is 11.8 Å². The van der Waals surface area contributed by atoms with Crippen molar-refractivity contribution in [1.82, 2.24) is 5.32 Å². The van der Waals surface area contributed by atoms with Gasteiger partial charge in [0.15, 0.2) is 0 Å². The van der Waals surface area contributed by atoms with Gasteiger partial charge in [-0.3, -0.25) is 0 Å². The van der Waals surface area contributed by atoms with Gasteiger partial charge in [-0.2, -0.15) is 11.8 Å². The summed E-state index contributed by atoms with van der Waals surface area (Å²) in [4.78, 5) is 0. The molecule has 3 atom stereocenters. The molecule has 1 aliphatic carbocycles. The van der Waals surface area contributed by atoms with Crippen molar-refractivity contribution in [3.8, 4) is 0 Å². The molecule has 17 heavy (non-hydrogen) atoms. The first-order valence-electron chi connectivity index (χ1n) is 7.02. The highest BCUT2D eigenvalue weighted by atomic mass is 32.2. The smallest absolute Gasteiger partial charge is 0.0641 e. The second-order valence-electron chi connectivity index (χ2n) is 6.19. The SMILES string of the molecule is CSC1CCCC(NC2CCOC(C)(C)C2)C1. The lowest BCUT2D eigenvalue weighted by Gasteiger charge is -2.39. The third-order valence-corrected chi connectivity index (χ3v) is 5.22. The van der Waals surface area contributed by atoms with Crippen molar-refractivity contribution < 1.29 is 4.74 Å². The summed E-state index contributed by atoms with van der Waals surface area (Å²) in [6.45, 7) is 5.35. The molecule has 0 aromatic carbocycles. The highest BCUT2D eigenvalue weighted by molar-refractivity contribution is 7.99. The van der Waals surface area contributed by atoms with E-state index in [1.165, 1.54) is 32.1 Å². The zero-order chi connectivity index (χ0) is 12.3. The van der Waals surface area contributed by atoms with E-state index >= 15 is 0 Å². The molecule has 0 aromatic rings. The zero-order valence-electron chi connectivity index (χ0n) is 11.5. The Hall–Kier alpha value is 0.270. The molecule has 2 nitrogen and oxygen atoms in total. The normalized spacial score (nSPS) is 37.9. The molecule has 2 rings (SSSR count). The Bertz CT molecular complexity index is 244. The Morgan fingerprint density at radius 1 is 1.18 bits per heavy atom. The maximum absolute atomic E-state index is 5.78. The topological polar surface area (TPSA) is 21.3 Å². The fourth-order valence-electron chi connectivity index (χ4n) is 3.22. The Morgan fingerprint density at radius 2 is 2.00 bits per heavy atom. The molecule has 100 valence electrons. The van der Waals surface area contributed by atoms with E-state index in [2.05, 4.69) is 25.4 Å². The first-order chi connectivity index (χ1) is 8.09. The van der Waals surface area contributed by atoms with Gasteiger partial charge >= 0.3 is 0 Å². The van der Waals surface area contributed by atoms with Crippen LogP contribution in [0.3, 0.4) is 0 Å². The van der Waals surface area contributed by atoms with Gasteiger partial charge < -0.3 is 10.1 Å².